The van der Waals surface area contributed by atoms with Crippen LogP contribution in [0.1, 0.15) is 15.9 Å². The number of carbonyl (C=O) groups is 2. The Morgan fingerprint density at radius 1 is 1.15 bits per heavy atom. The minimum Gasteiger partial charge on any atom is -0.454 e. The summed E-state index contributed by atoms with van der Waals surface area (Å²) in [6.07, 6.45) is 1.48. The van der Waals surface area contributed by atoms with Gasteiger partial charge in [0, 0.05) is 12.8 Å². The molecule has 0 aliphatic carbocycles. The number of hydrogen-bond donors (Lipinski definition) is 1. The van der Waals surface area contributed by atoms with Crippen LogP contribution in [-0.4, -0.2) is 35.7 Å². The van der Waals surface area contributed by atoms with E-state index in [4.69, 9.17) is 14.2 Å². The van der Waals surface area contributed by atoms with E-state index in [1.54, 1.807) is 30.3 Å². The first-order valence-electron chi connectivity index (χ1n) is 7.79. The Kier molecular flexibility index (Phi) is 5.52. The number of hydrogen-bond acceptors (Lipinski definition) is 6. The zero-order chi connectivity index (χ0) is 18.5. The molecule has 1 aliphatic rings. The molecule has 0 saturated heterocycles. The van der Waals surface area contributed by atoms with Crippen LogP contribution in [0.15, 0.2) is 47.4 Å². The summed E-state index contributed by atoms with van der Waals surface area (Å²) < 4.78 is 27.2. The van der Waals surface area contributed by atoms with Crippen molar-refractivity contribution in [1.82, 2.24) is 5.32 Å². The molecule has 1 atom stereocenters. The summed E-state index contributed by atoms with van der Waals surface area (Å²) in [4.78, 5) is 24.4. The summed E-state index contributed by atoms with van der Waals surface area (Å²) >= 11 is 0. The lowest BCUT2D eigenvalue weighted by Crippen LogP contribution is -2.28. The first-order chi connectivity index (χ1) is 12.5. The van der Waals surface area contributed by atoms with Crippen LogP contribution in [0.2, 0.25) is 0 Å². The lowest BCUT2D eigenvalue weighted by molar-refractivity contribution is -0.124. The van der Waals surface area contributed by atoms with Crippen molar-refractivity contribution in [3.8, 4) is 11.5 Å². The third-order valence-electron chi connectivity index (χ3n) is 3.68. The zero-order valence-electron chi connectivity index (χ0n) is 14.0. The second-order valence-corrected chi connectivity index (χ2v) is 6.84. The van der Waals surface area contributed by atoms with Crippen LogP contribution < -0.4 is 14.8 Å². The van der Waals surface area contributed by atoms with E-state index in [0.717, 1.165) is 5.56 Å². The van der Waals surface area contributed by atoms with E-state index < -0.39 is 29.3 Å². The van der Waals surface area contributed by atoms with Crippen LogP contribution >= 0.6 is 0 Å². The quantitative estimate of drug-likeness (QED) is 0.772. The number of nitrogens with one attached hydrogen (secondary N) is 1. The highest BCUT2D eigenvalue weighted by molar-refractivity contribution is 7.84. The van der Waals surface area contributed by atoms with Gasteiger partial charge in [0.1, 0.15) is 0 Å². The normalized spacial score (nSPS) is 13.1. The summed E-state index contributed by atoms with van der Waals surface area (Å²) in [5.41, 5.74) is 1.03. The van der Waals surface area contributed by atoms with Crippen LogP contribution in [0.25, 0.3) is 0 Å². The Morgan fingerprint density at radius 2 is 1.92 bits per heavy atom. The molecule has 0 spiro atoms. The molecule has 136 valence electrons. The highest BCUT2D eigenvalue weighted by Gasteiger charge is 2.16. The molecule has 1 aliphatic heterocycles. The molecule has 7 nitrogen and oxygen atoms in total. The van der Waals surface area contributed by atoms with Gasteiger partial charge in [0.05, 0.1) is 21.3 Å². The Balaban J connectivity index is 1.51. The van der Waals surface area contributed by atoms with Gasteiger partial charge in [-0.3, -0.25) is 9.00 Å². The molecule has 2 aromatic rings. The highest BCUT2D eigenvalue weighted by Crippen LogP contribution is 2.32. The van der Waals surface area contributed by atoms with Gasteiger partial charge in [0.2, 0.25) is 6.79 Å². The fourth-order valence-corrected chi connectivity index (χ4v) is 3.13. The summed E-state index contributed by atoms with van der Waals surface area (Å²) in [5, 5.41) is 2.66. The first-order valence-corrected chi connectivity index (χ1v) is 9.35. The molecule has 1 heterocycles. The van der Waals surface area contributed by atoms with E-state index in [1.165, 1.54) is 12.3 Å². The fraction of sp³-hybridized carbons (Fsp3) is 0.222. The topological polar surface area (TPSA) is 90.9 Å². The maximum atomic E-state index is 12.1. The van der Waals surface area contributed by atoms with Crippen molar-refractivity contribution >= 4 is 22.7 Å². The maximum Gasteiger partial charge on any atom is 0.339 e. The standard InChI is InChI=1S/C18H17NO6S/c1-26(22)16-5-3-2-4-13(16)18(21)23-10-17(20)19-9-12-6-7-14-15(8-12)25-11-24-14/h2-8H,9-11H2,1H3,(H,19,20)/t26-/m0/s1. The molecule has 0 aromatic heterocycles. The Bertz CT molecular complexity index is 867. The van der Waals surface area contributed by atoms with Crippen molar-refractivity contribution in [1.29, 1.82) is 0 Å². The number of fused-ring (bicyclic) bond motifs is 1. The average molecular weight is 375 g/mol. The number of rotatable bonds is 6. The molecule has 0 fully saturated rings. The van der Waals surface area contributed by atoms with Crippen molar-refractivity contribution < 1.29 is 28.0 Å². The second kappa shape index (κ2) is 8.01. The van der Waals surface area contributed by atoms with Gasteiger partial charge >= 0.3 is 5.97 Å². The molecule has 0 saturated carbocycles. The number of esters is 1. The molecule has 1 amide bonds. The van der Waals surface area contributed by atoms with Crippen LogP contribution in [0, 0.1) is 0 Å². The van der Waals surface area contributed by atoms with Gasteiger partial charge in [-0.25, -0.2) is 4.79 Å². The minimum absolute atomic E-state index is 0.186. The number of ether oxygens (including phenoxy) is 3. The van der Waals surface area contributed by atoms with Gasteiger partial charge < -0.3 is 19.5 Å². The molecule has 3 rings (SSSR count). The molecular weight excluding hydrogens is 358 g/mol. The molecule has 26 heavy (non-hydrogen) atoms. The third-order valence-corrected chi connectivity index (χ3v) is 4.65. The third kappa shape index (κ3) is 4.20. The van der Waals surface area contributed by atoms with Gasteiger partial charge in [0.15, 0.2) is 18.1 Å². The summed E-state index contributed by atoms with van der Waals surface area (Å²) in [5.74, 6) is 0.175. The predicted octanol–water partition coefficient (Wildman–Crippen LogP) is 1.63. The van der Waals surface area contributed by atoms with Gasteiger partial charge in [-0.15, -0.1) is 0 Å². The van der Waals surface area contributed by atoms with Crippen molar-refractivity contribution in [2.75, 3.05) is 19.7 Å². The Labute approximate surface area is 152 Å². The van der Waals surface area contributed by atoms with E-state index in [0.29, 0.717) is 16.4 Å². The lowest BCUT2D eigenvalue weighted by Gasteiger charge is -2.09. The van der Waals surface area contributed by atoms with Crippen LogP contribution in [0.5, 0.6) is 11.5 Å². The zero-order valence-corrected chi connectivity index (χ0v) is 14.8. The molecular formula is C18H17NO6S. The Hall–Kier alpha value is -2.87. The van der Waals surface area contributed by atoms with Gasteiger partial charge in [0.25, 0.3) is 5.91 Å². The van der Waals surface area contributed by atoms with E-state index in [9.17, 15) is 13.8 Å². The first kappa shape index (κ1) is 17.9. The molecule has 0 bridgehead atoms. The van der Waals surface area contributed by atoms with Crippen LogP contribution in [0.4, 0.5) is 0 Å². The maximum absolute atomic E-state index is 12.1. The summed E-state index contributed by atoms with van der Waals surface area (Å²) in [7, 11) is -1.33. The van der Waals surface area contributed by atoms with Crippen molar-refractivity contribution in [2.45, 2.75) is 11.4 Å². The lowest BCUT2D eigenvalue weighted by atomic mass is 10.2. The molecule has 0 radical (unpaired) electrons. The predicted molar refractivity (Wildman–Crippen MR) is 93.5 cm³/mol. The van der Waals surface area contributed by atoms with Gasteiger partial charge in [-0.1, -0.05) is 18.2 Å². The SMILES string of the molecule is C[S@](=O)c1ccccc1C(=O)OCC(=O)NCc1ccc2c(c1)OCO2. The average Bonchev–Trinajstić information content (AvgIpc) is 3.12. The van der Waals surface area contributed by atoms with Crippen LogP contribution in [-0.2, 0) is 26.9 Å². The highest BCUT2D eigenvalue weighted by atomic mass is 32.2. The van der Waals surface area contributed by atoms with Gasteiger partial charge in [-0.2, -0.15) is 0 Å². The molecule has 0 unspecified atom stereocenters. The van der Waals surface area contributed by atoms with Crippen molar-refractivity contribution in [3.05, 3.63) is 53.6 Å². The number of benzene rings is 2. The minimum atomic E-state index is -1.33. The monoisotopic (exact) mass is 375 g/mol. The molecule has 2 aromatic carbocycles. The summed E-state index contributed by atoms with van der Waals surface area (Å²) in [6, 6.07) is 11.8. The van der Waals surface area contributed by atoms with Crippen LogP contribution in [0.3, 0.4) is 0 Å². The summed E-state index contributed by atoms with van der Waals surface area (Å²) in [6.45, 7) is 0.0295. The van der Waals surface area contributed by atoms with E-state index in [-0.39, 0.29) is 18.9 Å². The molecule has 1 N–H and O–H groups in total. The fourth-order valence-electron chi connectivity index (χ4n) is 2.40. The van der Waals surface area contributed by atoms with E-state index >= 15 is 0 Å². The van der Waals surface area contributed by atoms with E-state index in [2.05, 4.69) is 5.32 Å². The number of carbonyl (C=O) groups excluding carboxylic acids is 2. The largest absolute Gasteiger partial charge is 0.454 e. The number of amides is 1. The second-order valence-electron chi connectivity index (χ2n) is 5.49. The smallest absolute Gasteiger partial charge is 0.339 e. The van der Waals surface area contributed by atoms with Crippen molar-refractivity contribution in [2.24, 2.45) is 0 Å². The van der Waals surface area contributed by atoms with E-state index in [1.807, 2.05) is 6.07 Å². The van der Waals surface area contributed by atoms with Gasteiger partial charge in [-0.05, 0) is 29.8 Å². The molecule has 8 heteroatoms. The Morgan fingerprint density at radius 3 is 2.73 bits per heavy atom. The van der Waals surface area contributed by atoms with Crippen molar-refractivity contribution in [3.63, 3.8) is 0 Å².